The fourth-order valence-corrected chi connectivity index (χ4v) is 2.72. The number of amides is 2. The zero-order valence-electron chi connectivity index (χ0n) is 11.8. The smallest absolute Gasteiger partial charge is 0.271 e. The lowest BCUT2D eigenvalue weighted by atomic mass is 9.89. The van der Waals surface area contributed by atoms with Crippen LogP contribution in [-0.4, -0.2) is 21.7 Å². The number of benzene rings is 1. The van der Waals surface area contributed by atoms with Crippen molar-refractivity contribution in [2.24, 2.45) is 0 Å². The molecule has 112 valence electrons. The molecule has 0 radical (unpaired) electrons. The number of pyridine rings is 1. The molecule has 1 aromatic heterocycles. The number of imide groups is 1. The van der Waals surface area contributed by atoms with Crippen molar-refractivity contribution in [1.29, 1.82) is 0 Å². The Morgan fingerprint density at radius 1 is 1.32 bits per heavy atom. The van der Waals surface area contributed by atoms with Gasteiger partial charge < -0.3 is 0 Å². The Bertz CT molecular complexity index is 816. The van der Waals surface area contributed by atoms with Gasteiger partial charge in [-0.3, -0.25) is 30.0 Å². The molecule has 2 heterocycles. The lowest BCUT2D eigenvalue weighted by Gasteiger charge is -2.22. The summed E-state index contributed by atoms with van der Waals surface area (Å²) >= 11 is 0. The second kappa shape index (κ2) is 5.18. The fraction of sp³-hybridized carbons (Fsp3) is 0.267. The van der Waals surface area contributed by atoms with Gasteiger partial charge >= 0.3 is 0 Å². The fourth-order valence-electron chi connectivity index (χ4n) is 2.72. The van der Waals surface area contributed by atoms with Crippen LogP contribution in [0, 0.1) is 17.0 Å². The number of nitrogens with one attached hydrogen (secondary N) is 1. The summed E-state index contributed by atoms with van der Waals surface area (Å²) in [6, 6.07) is 6.26. The minimum absolute atomic E-state index is 0.0202. The van der Waals surface area contributed by atoms with E-state index in [9.17, 15) is 19.7 Å². The molecule has 1 aliphatic heterocycles. The highest BCUT2D eigenvalue weighted by Crippen LogP contribution is 2.30. The van der Waals surface area contributed by atoms with Crippen molar-refractivity contribution >= 4 is 28.4 Å². The molecule has 1 unspecified atom stereocenters. The van der Waals surface area contributed by atoms with E-state index in [1.807, 2.05) is 6.07 Å². The summed E-state index contributed by atoms with van der Waals surface area (Å²) < 4.78 is 0. The van der Waals surface area contributed by atoms with Gasteiger partial charge in [-0.25, -0.2) is 0 Å². The standard InChI is InChI=1S/C15H13N3O4/c1-8-12(11-4-5-14(19)17-15(11)20)6-9-2-3-10(18(21)22)7-13(9)16-8/h2-3,6-7,11H,4-5H2,1H3,(H,17,19,20). The number of fused-ring (bicyclic) bond motifs is 1. The monoisotopic (exact) mass is 299 g/mol. The topological polar surface area (TPSA) is 102 Å². The van der Waals surface area contributed by atoms with E-state index in [0.29, 0.717) is 24.1 Å². The van der Waals surface area contributed by atoms with Gasteiger partial charge in [-0.2, -0.15) is 0 Å². The number of carbonyl (C=O) groups excluding carboxylic acids is 2. The third-order valence-electron chi connectivity index (χ3n) is 3.86. The first-order valence-corrected chi connectivity index (χ1v) is 6.85. The van der Waals surface area contributed by atoms with Crippen LogP contribution >= 0.6 is 0 Å². The Morgan fingerprint density at radius 3 is 2.77 bits per heavy atom. The predicted octanol–water partition coefficient (Wildman–Crippen LogP) is 1.97. The largest absolute Gasteiger partial charge is 0.296 e. The van der Waals surface area contributed by atoms with E-state index in [1.54, 1.807) is 13.0 Å². The van der Waals surface area contributed by atoms with Gasteiger partial charge in [0.2, 0.25) is 11.8 Å². The Morgan fingerprint density at radius 2 is 2.09 bits per heavy atom. The Kier molecular flexibility index (Phi) is 3.32. The molecule has 0 bridgehead atoms. The van der Waals surface area contributed by atoms with Crippen LogP contribution in [-0.2, 0) is 9.59 Å². The molecule has 2 aromatic rings. The maximum atomic E-state index is 12.0. The van der Waals surface area contributed by atoms with Crippen LogP contribution in [0.4, 0.5) is 5.69 Å². The van der Waals surface area contributed by atoms with Crippen molar-refractivity contribution < 1.29 is 14.5 Å². The van der Waals surface area contributed by atoms with Crippen molar-refractivity contribution in [3.63, 3.8) is 0 Å². The van der Waals surface area contributed by atoms with E-state index >= 15 is 0 Å². The molecular formula is C15H13N3O4. The molecule has 7 nitrogen and oxygen atoms in total. The van der Waals surface area contributed by atoms with Crippen LogP contribution in [0.1, 0.15) is 30.0 Å². The highest BCUT2D eigenvalue weighted by Gasteiger charge is 2.29. The summed E-state index contributed by atoms with van der Waals surface area (Å²) in [5.41, 5.74) is 1.89. The minimum atomic E-state index is -0.468. The van der Waals surface area contributed by atoms with Crippen molar-refractivity contribution in [1.82, 2.24) is 10.3 Å². The Balaban J connectivity index is 2.06. The highest BCUT2D eigenvalue weighted by molar-refractivity contribution is 6.01. The number of non-ortho nitro benzene ring substituents is 1. The molecule has 1 saturated heterocycles. The second-order valence-corrected chi connectivity index (χ2v) is 5.30. The molecule has 0 spiro atoms. The normalized spacial score (nSPS) is 18.3. The van der Waals surface area contributed by atoms with Crippen LogP contribution in [0.3, 0.4) is 0 Å². The van der Waals surface area contributed by atoms with Crippen LogP contribution in [0.5, 0.6) is 0 Å². The molecular weight excluding hydrogens is 286 g/mol. The highest BCUT2D eigenvalue weighted by atomic mass is 16.6. The molecule has 3 rings (SSSR count). The molecule has 2 amide bonds. The molecule has 1 aromatic carbocycles. The lowest BCUT2D eigenvalue weighted by molar-refractivity contribution is -0.384. The molecule has 1 fully saturated rings. The number of nitro benzene ring substituents is 1. The van der Waals surface area contributed by atoms with E-state index < -0.39 is 10.8 Å². The van der Waals surface area contributed by atoms with Crippen molar-refractivity contribution in [3.05, 3.63) is 45.6 Å². The predicted molar refractivity (Wildman–Crippen MR) is 78.3 cm³/mol. The van der Waals surface area contributed by atoms with E-state index in [1.165, 1.54) is 12.1 Å². The van der Waals surface area contributed by atoms with Gasteiger partial charge in [0.25, 0.3) is 5.69 Å². The quantitative estimate of drug-likeness (QED) is 0.519. The summed E-state index contributed by atoms with van der Waals surface area (Å²) in [4.78, 5) is 37.9. The average molecular weight is 299 g/mol. The molecule has 1 N–H and O–H groups in total. The number of hydrogen-bond acceptors (Lipinski definition) is 5. The van der Waals surface area contributed by atoms with Crippen molar-refractivity contribution in [2.75, 3.05) is 0 Å². The molecule has 7 heteroatoms. The maximum absolute atomic E-state index is 12.0. The summed E-state index contributed by atoms with van der Waals surface area (Å²) in [6.45, 7) is 1.76. The summed E-state index contributed by atoms with van der Waals surface area (Å²) in [5, 5.41) is 13.9. The summed E-state index contributed by atoms with van der Waals surface area (Å²) in [5.74, 6) is -0.990. The zero-order chi connectivity index (χ0) is 15.9. The van der Waals surface area contributed by atoms with Crippen LogP contribution in [0.15, 0.2) is 24.3 Å². The van der Waals surface area contributed by atoms with Crippen LogP contribution < -0.4 is 5.32 Å². The second-order valence-electron chi connectivity index (χ2n) is 5.30. The van der Waals surface area contributed by atoms with E-state index in [2.05, 4.69) is 10.3 Å². The Hall–Kier alpha value is -2.83. The zero-order valence-corrected chi connectivity index (χ0v) is 11.8. The van der Waals surface area contributed by atoms with Gasteiger partial charge in [0, 0.05) is 29.6 Å². The first kappa shape index (κ1) is 14.1. The number of rotatable bonds is 2. The molecule has 0 aliphatic carbocycles. The number of piperidine rings is 1. The maximum Gasteiger partial charge on any atom is 0.271 e. The van der Waals surface area contributed by atoms with Gasteiger partial charge in [0.05, 0.1) is 16.4 Å². The van der Waals surface area contributed by atoms with Gasteiger partial charge in [0.15, 0.2) is 0 Å². The van der Waals surface area contributed by atoms with Crippen molar-refractivity contribution in [3.8, 4) is 0 Å². The number of nitro groups is 1. The first-order valence-electron chi connectivity index (χ1n) is 6.85. The SMILES string of the molecule is Cc1nc2cc([N+](=O)[O-])ccc2cc1C1CCC(=O)NC1=O. The molecule has 22 heavy (non-hydrogen) atoms. The van der Waals surface area contributed by atoms with Gasteiger partial charge in [0.1, 0.15) is 0 Å². The summed E-state index contributed by atoms with van der Waals surface area (Å²) in [7, 11) is 0. The van der Waals surface area contributed by atoms with Gasteiger partial charge in [-0.05, 0) is 31.0 Å². The van der Waals surface area contributed by atoms with E-state index in [-0.39, 0.29) is 17.5 Å². The third-order valence-corrected chi connectivity index (χ3v) is 3.86. The minimum Gasteiger partial charge on any atom is -0.296 e. The van der Waals surface area contributed by atoms with Gasteiger partial charge in [-0.1, -0.05) is 0 Å². The average Bonchev–Trinajstić information content (AvgIpc) is 2.46. The Labute approximate surface area is 125 Å². The molecule has 1 aliphatic rings. The van der Waals surface area contributed by atoms with Gasteiger partial charge in [-0.15, -0.1) is 0 Å². The third kappa shape index (κ3) is 2.41. The number of nitrogens with zero attached hydrogens (tertiary/aromatic N) is 2. The molecule has 0 saturated carbocycles. The van der Waals surface area contributed by atoms with Crippen LogP contribution in [0.2, 0.25) is 0 Å². The van der Waals surface area contributed by atoms with E-state index in [0.717, 1.165) is 10.9 Å². The van der Waals surface area contributed by atoms with E-state index in [4.69, 9.17) is 0 Å². The number of aryl methyl sites for hydroxylation is 1. The molecule has 1 atom stereocenters. The lowest BCUT2D eigenvalue weighted by Crippen LogP contribution is -2.39. The number of carbonyl (C=O) groups is 2. The number of hydrogen-bond donors (Lipinski definition) is 1. The first-order chi connectivity index (χ1) is 10.5. The summed E-state index contributed by atoms with van der Waals surface area (Å²) in [6.07, 6.45) is 0.750. The van der Waals surface area contributed by atoms with Crippen LogP contribution in [0.25, 0.3) is 10.9 Å². The van der Waals surface area contributed by atoms with Crippen molar-refractivity contribution in [2.45, 2.75) is 25.7 Å². The number of aromatic nitrogens is 1.